The molecule has 0 aliphatic rings. The number of hydrogen-bond donors (Lipinski definition) is 1. The molecule has 0 spiro atoms. The molecule has 22 heavy (non-hydrogen) atoms. The summed E-state index contributed by atoms with van der Waals surface area (Å²) >= 11 is 3.36. The molecular formula is C16H22BrNO4. The Morgan fingerprint density at radius 1 is 1.32 bits per heavy atom. The van der Waals surface area contributed by atoms with Crippen molar-refractivity contribution in [2.45, 2.75) is 44.7 Å². The Kier molecular flexibility index (Phi) is 6.41. The van der Waals surface area contributed by atoms with E-state index in [1.54, 1.807) is 12.1 Å². The average Bonchev–Trinajstić information content (AvgIpc) is 2.43. The van der Waals surface area contributed by atoms with Crippen LogP contribution in [0.25, 0.3) is 0 Å². The third-order valence-corrected chi connectivity index (χ3v) is 3.52. The van der Waals surface area contributed by atoms with E-state index >= 15 is 0 Å². The van der Waals surface area contributed by atoms with Crippen molar-refractivity contribution in [1.82, 2.24) is 5.32 Å². The van der Waals surface area contributed by atoms with Crippen LogP contribution < -0.4 is 5.32 Å². The number of ether oxygens (including phenoxy) is 2. The molecule has 1 N–H and O–H groups in total. The maximum absolute atomic E-state index is 11.8. The summed E-state index contributed by atoms with van der Waals surface area (Å²) in [4.78, 5) is 23.5. The van der Waals surface area contributed by atoms with Crippen LogP contribution in [0.5, 0.6) is 0 Å². The zero-order valence-electron chi connectivity index (χ0n) is 13.5. The van der Waals surface area contributed by atoms with Crippen molar-refractivity contribution in [3.63, 3.8) is 0 Å². The minimum atomic E-state index is -0.542. The van der Waals surface area contributed by atoms with E-state index in [9.17, 15) is 9.59 Å². The third-order valence-electron chi connectivity index (χ3n) is 2.91. The first-order valence-corrected chi connectivity index (χ1v) is 8.06. The number of hydrogen-bond acceptors (Lipinski definition) is 4. The van der Waals surface area contributed by atoms with Gasteiger partial charge in [0.05, 0.1) is 18.7 Å². The maximum atomic E-state index is 11.8. The number of methoxy groups -OCH3 is 1. The molecule has 0 bridgehead atoms. The summed E-state index contributed by atoms with van der Waals surface area (Å²) < 4.78 is 9.98. The van der Waals surface area contributed by atoms with Crippen LogP contribution in [0.4, 0.5) is 4.79 Å². The van der Waals surface area contributed by atoms with Crippen LogP contribution in [0.2, 0.25) is 0 Å². The van der Waals surface area contributed by atoms with Crippen molar-refractivity contribution >= 4 is 28.0 Å². The lowest BCUT2D eigenvalue weighted by atomic mass is 10.0. The van der Waals surface area contributed by atoms with E-state index in [-0.39, 0.29) is 12.0 Å². The van der Waals surface area contributed by atoms with E-state index < -0.39 is 11.7 Å². The SMILES string of the molecule is COC(=O)c1ccc([C@@H](C)NC(=O)OC(C)(C)C)cc1CBr. The molecule has 0 aliphatic carbocycles. The lowest BCUT2D eigenvalue weighted by molar-refractivity contribution is 0.0506. The van der Waals surface area contributed by atoms with E-state index in [4.69, 9.17) is 9.47 Å². The Bertz CT molecular complexity index is 552. The van der Waals surface area contributed by atoms with Gasteiger partial charge in [-0.3, -0.25) is 0 Å². The monoisotopic (exact) mass is 371 g/mol. The summed E-state index contributed by atoms with van der Waals surface area (Å²) in [6.07, 6.45) is -0.475. The largest absolute Gasteiger partial charge is 0.465 e. The fourth-order valence-corrected chi connectivity index (χ4v) is 2.33. The van der Waals surface area contributed by atoms with E-state index in [1.165, 1.54) is 7.11 Å². The predicted octanol–water partition coefficient (Wildman–Crippen LogP) is 3.95. The van der Waals surface area contributed by atoms with Gasteiger partial charge in [0.2, 0.25) is 0 Å². The number of benzene rings is 1. The van der Waals surface area contributed by atoms with Crippen molar-refractivity contribution in [3.8, 4) is 0 Å². The molecule has 1 rings (SSSR count). The number of carbonyl (C=O) groups excluding carboxylic acids is 2. The van der Waals surface area contributed by atoms with Gasteiger partial charge in [-0.15, -0.1) is 0 Å². The van der Waals surface area contributed by atoms with E-state index in [0.717, 1.165) is 11.1 Å². The zero-order chi connectivity index (χ0) is 16.9. The summed E-state index contributed by atoms with van der Waals surface area (Å²) in [5.74, 6) is -0.381. The van der Waals surface area contributed by atoms with E-state index in [0.29, 0.717) is 10.9 Å². The lowest BCUT2D eigenvalue weighted by Gasteiger charge is -2.22. The second kappa shape index (κ2) is 7.63. The van der Waals surface area contributed by atoms with Crippen LogP contribution in [0.1, 0.15) is 55.2 Å². The Morgan fingerprint density at radius 2 is 1.95 bits per heavy atom. The van der Waals surface area contributed by atoms with Crippen molar-refractivity contribution in [3.05, 3.63) is 34.9 Å². The first-order chi connectivity index (χ1) is 10.2. The standard InChI is InChI=1S/C16H22BrNO4/c1-10(18-15(20)22-16(2,3)4)11-6-7-13(14(19)21-5)12(8-11)9-17/h6-8,10H,9H2,1-5H3,(H,18,20)/t10-/m1/s1. The van der Waals surface area contributed by atoms with Gasteiger partial charge in [-0.05, 0) is 44.9 Å². The smallest absolute Gasteiger partial charge is 0.408 e. The number of alkyl carbamates (subject to hydrolysis) is 1. The second-order valence-electron chi connectivity index (χ2n) is 5.91. The van der Waals surface area contributed by atoms with Gasteiger partial charge >= 0.3 is 12.1 Å². The highest BCUT2D eigenvalue weighted by Crippen LogP contribution is 2.21. The number of rotatable bonds is 4. The highest BCUT2D eigenvalue weighted by atomic mass is 79.9. The van der Waals surface area contributed by atoms with Crippen molar-refractivity contribution in [1.29, 1.82) is 0 Å². The topological polar surface area (TPSA) is 64.6 Å². The highest BCUT2D eigenvalue weighted by molar-refractivity contribution is 9.08. The van der Waals surface area contributed by atoms with Gasteiger partial charge in [-0.2, -0.15) is 0 Å². The van der Waals surface area contributed by atoms with Crippen molar-refractivity contribution in [2.24, 2.45) is 0 Å². The Labute approximate surface area is 139 Å². The normalized spacial score (nSPS) is 12.5. The quantitative estimate of drug-likeness (QED) is 0.642. The third kappa shape index (κ3) is 5.33. The summed E-state index contributed by atoms with van der Waals surface area (Å²) in [6.45, 7) is 7.29. The molecule has 122 valence electrons. The molecule has 1 aromatic rings. The van der Waals surface area contributed by atoms with E-state index in [2.05, 4.69) is 21.2 Å². The second-order valence-corrected chi connectivity index (χ2v) is 6.47. The lowest BCUT2D eigenvalue weighted by Crippen LogP contribution is -2.34. The molecule has 0 saturated carbocycles. The van der Waals surface area contributed by atoms with E-state index in [1.807, 2.05) is 33.8 Å². The van der Waals surface area contributed by atoms with Crippen molar-refractivity contribution in [2.75, 3.05) is 7.11 Å². The summed E-state index contributed by atoms with van der Waals surface area (Å²) in [7, 11) is 1.35. The van der Waals surface area contributed by atoms with Crippen LogP contribution in [0, 0.1) is 0 Å². The predicted molar refractivity (Wildman–Crippen MR) is 88.2 cm³/mol. The van der Waals surface area contributed by atoms with Crippen molar-refractivity contribution < 1.29 is 19.1 Å². The molecule has 1 atom stereocenters. The average molecular weight is 372 g/mol. The molecule has 1 amide bonds. The molecule has 0 unspecified atom stereocenters. The molecule has 0 fully saturated rings. The molecule has 1 aromatic carbocycles. The number of alkyl halides is 1. The van der Waals surface area contributed by atoms with Gasteiger partial charge in [0.25, 0.3) is 0 Å². The van der Waals surface area contributed by atoms with Gasteiger partial charge in [0, 0.05) is 5.33 Å². The number of esters is 1. The molecule has 5 nitrogen and oxygen atoms in total. The molecule has 0 saturated heterocycles. The zero-order valence-corrected chi connectivity index (χ0v) is 15.1. The number of amides is 1. The maximum Gasteiger partial charge on any atom is 0.408 e. The molecule has 0 aromatic heterocycles. The Hall–Kier alpha value is -1.56. The van der Waals surface area contributed by atoms with Gasteiger partial charge in [0.1, 0.15) is 5.60 Å². The van der Waals surface area contributed by atoms with Crippen LogP contribution in [0.15, 0.2) is 18.2 Å². The fraction of sp³-hybridized carbons (Fsp3) is 0.500. The minimum absolute atomic E-state index is 0.237. The van der Waals surface area contributed by atoms with Gasteiger partial charge < -0.3 is 14.8 Å². The molecule has 0 aliphatic heterocycles. The minimum Gasteiger partial charge on any atom is -0.465 e. The number of nitrogens with one attached hydrogen (secondary N) is 1. The first kappa shape index (κ1) is 18.5. The van der Waals surface area contributed by atoms with Gasteiger partial charge in [-0.1, -0.05) is 28.1 Å². The summed E-state index contributed by atoms with van der Waals surface area (Å²) in [6, 6.07) is 5.12. The molecule has 0 radical (unpaired) electrons. The number of carbonyl (C=O) groups is 2. The van der Waals surface area contributed by atoms with Crippen LogP contribution in [-0.4, -0.2) is 24.8 Å². The van der Waals surface area contributed by atoms with Crippen LogP contribution in [-0.2, 0) is 14.8 Å². The molecular weight excluding hydrogens is 350 g/mol. The number of halogens is 1. The fourth-order valence-electron chi connectivity index (χ4n) is 1.87. The van der Waals surface area contributed by atoms with Crippen LogP contribution >= 0.6 is 15.9 Å². The Morgan fingerprint density at radius 3 is 2.45 bits per heavy atom. The van der Waals surface area contributed by atoms with Gasteiger partial charge in [0.15, 0.2) is 0 Å². The molecule has 0 heterocycles. The Balaban J connectivity index is 2.88. The van der Waals surface area contributed by atoms with Gasteiger partial charge in [-0.25, -0.2) is 9.59 Å². The summed E-state index contributed by atoms with van der Waals surface area (Å²) in [5.41, 5.74) is 1.65. The highest BCUT2D eigenvalue weighted by Gasteiger charge is 2.19. The first-order valence-electron chi connectivity index (χ1n) is 6.94. The van der Waals surface area contributed by atoms with Crippen LogP contribution in [0.3, 0.4) is 0 Å². The summed E-state index contributed by atoms with van der Waals surface area (Å²) in [5, 5.41) is 3.29. The molecule has 6 heteroatoms.